The normalized spacial score (nSPS) is 10.2. The molecule has 0 saturated carbocycles. The Morgan fingerprint density at radius 3 is 2.85 bits per heavy atom. The smallest absolute Gasteiger partial charge is 0.292 e. The van der Waals surface area contributed by atoms with Gasteiger partial charge in [0.05, 0.1) is 11.1 Å². The summed E-state index contributed by atoms with van der Waals surface area (Å²) in [6.07, 6.45) is 3.43. The summed E-state index contributed by atoms with van der Waals surface area (Å²) >= 11 is 0. The van der Waals surface area contributed by atoms with Crippen LogP contribution < -0.4 is 11.1 Å². The third-order valence-electron chi connectivity index (χ3n) is 2.70. The maximum absolute atomic E-state index is 11.9. The van der Waals surface area contributed by atoms with Crippen LogP contribution in [0, 0.1) is 10.1 Å². The Labute approximate surface area is 114 Å². The molecular weight excluding hydrogens is 262 g/mol. The standard InChI is InChI=1S/C12H13N5O3/c1-16-7-8(6-15-16)5-14-12(18)9-2-3-11(17(19)20)10(13)4-9/h2-4,6-7H,5,13H2,1H3,(H,14,18). The Morgan fingerprint density at radius 2 is 2.30 bits per heavy atom. The molecule has 20 heavy (non-hydrogen) atoms. The molecule has 2 rings (SSSR count). The second-order valence-corrected chi connectivity index (χ2v) is 4.24. The van der Waals surface area contributed by atoms with Gasteiger partial charge in [0.2, 0.25) is 0 Å². The summed E-state index contributed by atoms with van der Waals surface area (Å²) in [6, 6.07) is 3.87. The first kappa shape index (κ1) is 13.5. The number of carbonyl (C=O) groups excluding carboxylic acids is 1. The van der Waals surface area contributed by atoms with Gasteiger partial charge in [0.25, 0.3) is 11.6 Å². The number of hydrogen-bond acceptors (Lipinski definition) is 5. The van der Waals surface area contributed by atoms with Gasteiger partial charge >= 0.3 is 0 Å². The molecule has 0 saturated heterocycles. The first-order valence-corrected chi connectivity index (χ1v) is 5.77. The predicted molar refractivity (Wildman–Crippen MR) is 71.9 cm³/mol. The number of nitrogens with two attached hydrogens (primary N) is 1. The van der Waals surface area contributed by atoms with Gasteiger partial charge in [-0.3, -0.25) is 19.6 Å². The van der Waals surface area contributed by atoms with E-state index >= 15 is 0 Å². The number of rotatable bonds is 4. The average Bonchev–Trinajstić information content (AvgIpc) is 2.81. The monoisotopic (exact) mass is 275 g/mol. The molecular formula is C12H13N5O3. The van der Waals surface area contributed by atoms with Crippen LogP contribution in [0.3, 0.4) is 0 Å². The minimum absolute atomic E-state index is 0.0379. The Morgan fingerprint density at radius 1 is 1.55 bits per heavy atom. The average molecular weight is 275 g/mol. The zero-order valence-corrected chi connectivity index (χ0v) is 10.7. The van der Waals surface area contributed by atoms with Crippen LogP contribution >= 0.6 is 0 Å². The number of amides is 1. The lowest BCUT2D eigenvalue weighted by Crippen LogP contribution is -2.22. The van der Waals surface area contributed by atoms with Crippen molar-refractivity contribution in [2.45, 2.75) is 6.54 Å². The summed E-state index contributed by atoms with van der Waals surface area (Å²) < 4.78 is 1.63. The maximum atomic E-state index is 11.9. The number of carbonyl (C=O) groups is 1. The SMILES string of the molecule is Cn1cc(CNC(=O)c2ccc([N+](=O)[O-])c(N)c2)cn1. The molecule has 0 radical (unpaired) electrons. The van der Waals surface area contributed by atoms with Gasteiger partial charge in [0.15, 0.2) is 0 Å². The van der Waals surface area contributed by atoms with Crippen LogP contribution in [0.5, 0.6) is 0 Å². The van der Waals surface area contributed by atoms with E-state index in [2.05, 4.69) is 10.4 Å². The van der Waals surface area contributed by atoms with Gasteiger partial charge in [-0.25, -0.2) is 0 Å². The van der Waals surface area contributed by atoms with Gasteiger partial charge in [0.1, 0.15) is 5.69 Å². The highest BCUT2D eigenvalue weighted by molar-refractivity contribution is 5.95. The highest BCUT2D eigenvalue weighted by Crippen LogP contribution is 2.21. The molecule has 1 heterocycles. The summed E-state index contributed by atoms with van der Waals surface area (Å²) in [7, 11) is 1.78. The molecule has 1 amide bonds. The number of nitrogens with zero attached hydrogens (tertiary/aromatic N) is 3. The zero-order valence-electron chi connectivity index (χ0n) is 10.7. The zero-order chi connectivity index (χ0) is 14.7. The number of aromatic nitrogens is 2. The molecule has 8 heteroatoms. The van der Waals surface area contributed by atoms with Crippen LogP contribution in [0.25, 0.3) is 0 Å². The molecule has 0 bridgehead atoms. The van der Waals surface area contributed by atoms with Crippen molar-refractivity contribution in [2.24, 2.45) is 7.05 Å². The van der Waals surface area contributed by atoms with Crippen molar-refractivity contribution in [3.8, 4) is 0 Å². The molecule has 0 atom stereocenters. The molecule has 2 aromatic rings. The molecule has 0 fully saturated rings. The highest BCUT2D eigenvalue weighted by Gasteiger charge is 2.14. The number of benzene rings is 1. The number of nitrogen functional groups attached to an aromatic ring is 1. The molecule has 0 unspecified atom stereocenters. The van der Waals surface area contributed by atoms with Gasteiger partial charge in [-0.2, -0.15) is 5.10 Å². The van der Waals surface area contributed by atoms with Crippen molar-refractivity contribution in [3.05, 3.63) is 51.8 Å². The van der Waals surface area contributed by atoms with Crippen molar-refractivity contribution in [1.82, 2.24) is 15.1 Å². The van der Waals surface area contributed by atoms with E-state index in [0.717, 1.165) is 5.56 Å². The summed E-state index contributed by atoms with van der Waals surface area (Å²) in [6.45, 7) is 0.323. The molecule has 0 aliphatic carbocycles. The number of aryl methyl sites for hydroxylation is 1. The van der Waals surface area contributed by atoms with Crippen LogP contribution in [-0.4, -0.2) is 20.6 Å². The second-order valence-electron chi connectivity index (χ2n) is 4.24. The quantitative estimate of drug-likeness (QED) is 0.487. The van der Waals surface area contributed by atoms with Crippen LogP contribution in [0.15, 0.2) is 30.6 Å². The van der Waals surface area contributed by atoms with Gasteiger partial charge in [-0.15, -0.1) is 0 Å². The lowest BCUT2D eigenvalue weighted by molar-refractivity contribution is -0.383. The third kappa shape index (κ3) is 2.91. The maximum Gasteiger partial charge on any atom is 0.292 e. The second kappa shape index (κ2) is 5.39. The van der Waals surface area contributed by atoms with Crippen molar-refractivity contribution in [2.75, 3.05) is 5.73 Å². The van der Waals surface area contributed by atoms with Gasteiger partial charge in [-0.05, 0) is 12.1 Å². The molecule has 1 aromatic carbocycles. The van der Waals surface area contributed by atoms with Crippen molar-refractivity contribution in [3.63, 3.8) is 0 Å². The van der Waals surface area contributed by atoms with Crippen molar-refractivity contribution in [1.29, 1.82) is 0 Å². The Balaban J connectivity index is 2.06. The van der Waals surface area contributed by atoms with E-state index in [4.69, 9.17) is 5.73 Å². The fourth-order valence-corrected chi connectivity index (χ4v) is 1.71. The van der Waals surface area contributed by atoms with E-state index in [1.807, 2.05) is 0 Å². The minimum Gasteiger partial charge on any atom is -0.393 e. The molecule has 104 valence electrons. The Bertz CT molecular complexity index is 665. The largest absolute Gasteiger partial charge is 0.393 e. The Hall–Kier alpha value is -2.90. The molecule has 1 aromatic heterocycles. The molecule has 8 nitrogen and oxygen atoms in total. The van der Waals surface area contributed by atoms with E-state index in [1.165, 1.54) is 18.2 Å². The van der Waals surface area contributed by atoms with Crippen molar-refractivity contribution < 1.29 is 9.72 Å². The number of nitrogens with one attached hydrogen (secondary N) is 1. The fourth-order valence-electron chi connectivity index (χ4n) is 1.71. The topological polar surface area (TPSA) is 116 Å². The third-order valence-corrected chi connectivity index (χ3v) is 2.70. The van der Waals surface area contributed by atoms with Crippen LogP contribution in [0.2, 0.25) is 0 Å². The van der Waals surface area contributed by atoms with Crippen LogP contribution in [0.4, 0.5) is 11.4 Å². The van der Waals surface area contributed by atoms with Gasteiger partial charge in [0, 0.05) is 37.0 Å². The first-order valence-electron chi connectivity index (χ1n) is 5.77. The number of nitro groups is 1. The van der Waals surface area contributed by atoms with Crippen LogP contribution in [-0.2, 0) is 13.6 Å². The predicted octanol–water partition coefficient (Wildman–Crippen LogP) is 0.841. The van der Waals surface area contributed by atoms with E-state index in [9.17, 15) is 14.9 Å². The molecule has 0 spiro atoms. The highest BCUT2D eigenvalue weighted by atomic mass is 16.6. The minimum atomic E-state index is -0.591. The fraction of sp³-hybridized carbons (Fsp3) is 0.167. The summed E-state index contributed by atoms with van der Waals surface area (Å²) in [5, 5.41) is 17.3. The lowest BCUT2D eigenvalue weighted by Gasteiger charge is -2.04. The van der Waals surface area contributed by atoms with E-state index in [0.29, 0.717) is 6.54 Å². The molecule has 0 aliphatic rings. The summed E-state index contributed by atoms with van der Waals surface area (Å²) in [5.41, 5.74) is 6.42. The van der Waals surface area contributed by atoms with Crippen molar-refractivity contribution >= 4 is 17.3 Å². The molecule has 0 aliphatic heterocycles. The van der Waals surface area contributed by atoms with E-state index in [-0.39, 0.29) is 22.8 Å². The number of hydrogen-bond donors (Lipinski definition) is 2. The first-order chi connectivity index (χ1) is 9.47. The molecule has 3 N–H and O–H groups in total. The Kier molecular flexibility index (Phi) is 3.65. The number of nitro benzene ring substituents is 1. The van der Waals surface area contributed by atoms with Crippen LogP contribution in [0.1, 0.15) is 15.9 Å². The van der Waals surface area contributed by atoms with Gasteiger partial charge in [-0.1, -0.05) is 0 Å². The van der Waals surface area contributed by atoms with E-state index < -0.39 is 4.92 Å². The number of anilines is 1. The van der Waals surface area contributed by atoms with Gasteiger partial charge < -0.3 is 11.1 Å². The lowest BCUT2D eigenvalue weighted by atomic mass is 10.1. The van der Waals surface area contributed by atoms with E-state index in [1.54, 1.807) is 24.1 Å². The summed E-state index contributed by atoms with van der Waals surface area (Å²) in [5.74, 6) is -0.351. The summed E-state index contributed by atoms with van der Waals surface area (Å²) in [4.78, 5) is 21.9.